The van der Waals surface area contributed by atoms with E-state index < -0.39 is 0 Å². The molecule has 0 aromatic heterocycles. The van der Waals surface area contributed by atoms with E-state index >= 15 is 0 Å². The van der Waals surface area contributed by atoms with Crippen LogP contribution in [0.3, 0.4) is 0 Å². The fourth-order valence-corrected chi connectivity index (χ4v) is 5.07. The minimum atomic E-state index is -0.117. The number of thioether (sulfide) groups is 1. The van der Waals surface area contributed by atoms with Crippen molar-refractivity contribution in [1.29, 1.82) is 0 Å². The summed E-state index contributed by atoms with van der Waals surface area (Å²) in [6, 6.07) is 0. The van der Waals surface area contributed by atoms with Gasteiger partial charge in [0.1, 0.15) is 0 Å². The summed E-state index contributed by atoms with van der Waals surface area (Å²) in [5, 5.41) is 21.0. The van der Waals surface area contributed by atoms with Crippen LogP contribution < -0.4 is 0 Å². The second kappa shape index (κ2) is 5.94. The Kier molecular flexibility index (Phi) is 4.79. The van der Waals surface area contributed by atoms with Gasteiger partial charge in [0.2, 0.25) is 0 Å². The van der Waals surface area contributed by atoms with Crippen LogP contribution >= 0.6 is 11.8 Å². The van der Waals surface area contributed by atoms with Crippen LogP contribution in [0.25, 0.3) is 0 Å². The van der Waals surface area contributed by atoms with E-state index in [1.54, 1.807) is 0 Å². The van der Waals surface area contributed by atoms with Crippen molar-refractivity contribution in [2.75, 3.05) is 0 Å². The zero-order valence-corrected chi connectivity index (χ0v) is 11.8. The van der Waals surface area contributed by atoms with Crippen molar-refractivity contribution in [3.05, 3.63) is 0 Å². The SMILES string of the molecule is CC(C)C1CC(SC2CCCCC2O)CC1O. The summed E-state index contributed by atoms with van der Waals surface area (Å²) in [5.74, 6) is 1.04. The van der Waals surface area contributed by atoms with Crippen LogP contribution in [-0.4, -0.2) is 32.9 Å². The number of aliphatic hydroxyl groups is 2. The first-order valence-corrected chi connectivity index (χ1v) is 8.03. The number of rotatable bonds is 3. The lowest BCUT2D eigenvalue weighted by molar-refractivity contribution is 0.108. The van der Waals surface area contributed by atoms with Gasteiger partial charge >= 0.3 is 0 Å². The Labute approximate surface area is 109 Å². The van der Waals surface area contributed by atoms with E-state index in [9.17, 15) is 10.2 Å². The van der Waals surface area contributed by atoms with Crippen molar-refractivity contribution in [1.82, 2.24) is 0 Å². The largest absolute Gasteiger partial charge is 0.393 e. The topological polar surface area (TPSA) is 40.5 Å². The van der Waals surface area contributed by atoms with Crippen LogP contribution in [-0.2, 0) is 0 Å². The molecule has 100 valence electrons. The van der Waals surface area contributed by atoms with Gasteiger partial charge in [0.25, 0.3) is 0 Å². The highest BCUT2D eigenvalue weighted by atomic mass is 32.2. The summed E-state index contributed by atoms with van der Waals surface area (Å²) in [6.45, 7) is 4.41. The summed E-state index contributed by atoms with van der Waals surface area (Å²) in [7, 11) is 0. The molecule has 0 spiro atoms. The minimum Gasteiger partial charge on any atom is -0.393 e. The van der Waals surface area contributed by atoms with Crippen LogP contribution in [0.5, 0.6) is 0 Å². The molecule has 2 aliphatic carbocycles. The summed E-state index contributed by atoms with van der Waals surface area (Å²) in [4.78, 5) is 0. The van der Waals surface area contributed by atoms with Crippen molar-refractivity contribution in [2.45, 2.75) is 75.1 Å². The maximum absolute atomic E-state index is 10.0. The maximum atomic E-state index is 10.0. The number of aliphatic hydroxyl groups excluding tert-OH is 2. The Hall–Kier alpha value is 0.270. The van der Waals surface area contributed by atoms with Gasteiger partial charge in [-0.1, -0.05) is 26.7 Å². The van der Waals surface area contributed by atoms with Gasteiger partial charge in [0.05, 0.1) is 12.2 Å². The van der Waals surface area contributed by atoms with E-state index in [1.165, 1.54) is 12.8 Å². The third-order valence-corrected chi connectivity index (χ3v) is 6.09. The van der Waals surface area contributed by atoms with Crippen molar-refractivity contribution in [3.8, 4) is 0 Å². The third kappa shape index (κ3) is 3.39. The lowest BCUT2D eigenvalue weighted by atomic mass is 9.93. The number of hydrogen-bond donors (Lipinski definition) is 2. The molecule has 2 N–H and O–H groups in total. The van der Waals surface area contributed by atoms with Crippen molar-refractivity contribution in [2.24, 2.45) is 11.8 Å². The van der Waals surface area contributed by atoms with Gasteiger partial charge in [-0.2, -0.15) is 11.8 Å². The van der Waals surface area contributed by atoms with Crippen LogP contribution in [0, 0.1) is 11.8 Å². The molecule has 5 atom stereocenters. The first-order chi connectivity index (χ1) is 8.08. The molecule has 0 radical (unpaired) electrons. The quantitative estimate of drug-likeness (QED) is 0.818. The van der Waals surface area contributed by atoms with E-state index in [0.29, 0.717) is 22.3 Å². The Morgan fingerprint density at radius 3 is 2.29 bits per heavy atom. The van der Waals surface area contributed by atoms with Gasteiger partial charge in [-0.3, -0.25) is 0 Å². The van der Waals surface area contributed by atoms with Gasteiger partial charge in [-0.05, 0) is 37.5 Å². The van der Waals surface area contributed by atoms with Crippen molar-refractivity contribution in [3.63, 3.8) is 0 Å². The van der Waals surface area contributed by atoms with E-state index in [0.717, 1.165) is 25.7 Å². The molecule has 0 aromatic carbocycles. The molecular formula is C14H26O2S. The molecule has 2 nitrogen and oxygen atoms in total. The molecule has 0 aliphatic heterocycles. The fraction of sp³-hybridized carbons (Fsp3) is 1.00. The number of hydrogen-bond acceptors (Lipinski definition) is 3. The molecule has 0 bridgehead atoms. The van der Waals surface area contributed by atoms with Gasteiger partial charge in [-0.15, -0.1) is 0 Å². The normalized spacial score (nSPS) is 43.2. The predicted molar refractivity (Wildman–Crippen MR) is 73.2 cm³/mol. The second-order valence-corrected chi connectivity index (χ2v) is 7.64. The fourth-order valence-electron chi connectivity index (χ4n) is 3.31. The van der Waals surface area contributed by atoms with Crippen molar-refractivity contribution < 1.29 is 10.2 Å². The summed E-state index contributed by atoms with van der Waals surface area (Å²) >= 11 is 1.95. The molecule has 5 unspecified atom stereocenters. The molecule has 0 amide bonds. The standard InChI is InChI=1S/C14H26O2S/c1-9(2)11-7-10(8-13(11)16)17-14-6-4-3-5-12(14)15/h9-16H,3-8H2,1-2H3. The molecule has 0 aromatic rings. The van der Waals surface area contributed by atoms with Gasteiger partial charge in [-0.25, -0.2) is 0 Å². The average molecular weight is 258 g/mol. The molecule has 2 saturated carbocycles. The Morgan fingerprint density at radius 2 is 1.71 bits per heavy atom. The van der Waals surface area contributed by atoms with Gasteiger partial charge in [0, 0.05) is 10.5 Å². The zero-order valence-electron chi connectivity index (χ0n) is 11.0. The first-order valence-electron chi connectivity index (χ1n) is 7.09. The highest BCUT2D eigenvalue weighted by Gasteiger charge is 2.37. The summed E-state index contributed by atoms with van der Waals surface area (Å²) in [6.07, 6.45) is 6.41. The highest BCUT2D eigenvalue weighted by Crippen LogP contribution is 2.42. The van der Waals surface area contributed by atoms with Crippen LogP contribution in [0.4, 0.5) is 0 Å². The Balaban J connectivity index is 1.84. The Bertz CT molecular complexity index is 244. The smallest absolute Gasteiger partial charge is 0.0658 e. The summed E-state index contributed by atoms with van der Waals surface area (Å²) in [5.41, 5.74) is 0. The van der Waals surface area contributed by atoms with Crippen LogP contribution in [0.15, 0.2) is 0 Å². The van der Waals surface area contributed by atoms with E-state index in [-0.39, 0.29) is 12.2 Å². The lowest BCUT2D eigenvalue weighted by Gasteiger charge is -2.29. The van der Waals surface area contributed by atoms with Crippen molar-refractivity contribution >= 4 is 11.8 Å². The second-order valence-electron chi connectivity index (χ2n) is 6.09. The van der Waals surface area contributed by atoms with Crippen LogP contribution in [0.1, 0.15) is 52.4 Å². The monoisotopic (exact) mass is 258 g/mol. The van der Waals surface area contributed by atoms with Gasteiger partial charge in [0.15, 0.2) is 0 Å². The highest BCUT2D eigenvalue weighted by molar-refractivity contribution is 8.00. The molecule has 2 aliphatic rings. The molecule has 2 fully saturated rings. The molecule has 3 heteroatoms. The van der Waals surface area contributed by atoms with Crippen LogP contribution in [0.2, 0.25) is 0 Å². The first kappa shape index (κ1) is 13.7. The van der Waals surface area contributed by atoms with Gasteiger partial charge < -0.3 is 10.2 Å². The zero-order chi connectivity index (χ0) is 12.4. The minimum absolute atomic E-state index is 0.107. The molecule has 0 heterocycles. The molecule has 0 saturated heterocycles. The third-order valence-electron chi connectivity index (χ3n) is 4.42. The van der Waals surface area contributed by atoms with E-state index in [2.05, 4.69) is 13.8 Å². The van der Waals surface area contributed by atoms with E-state index in [4.69, 9.17) is 0 Å². The van der Waals surface area contributed by atoms with E-state index in [1.807, 2.05) is 11.8 Å². The molecule has 17 heavy (non-hydrogen) atoms. The molecular weight excluding hydrogens is 232 g/mol. The average Bonchev–Trinajstić information content (AvgIpc) is 2.63. The lowest BCUT2D eigenvalue weighted by Crippen LogP contribution is -2.28. The summed E-state index contributed by atoms with van der Waals surface area (Å²) < 4.78 is 0. The predicted octanol–water partition coefficient (Wildman–Crippen LogP) is 2.82. The maximum Gasteiger partial charge on any atom is 0.0658 e. The Morgan fingerprint density at radius 1 is 1.00 bits per heavy atom. The molecule has 2 rings (SSSR count).